The van der Waals surface area contributed by atoms with E-state index in [1.807, 2.05) is 30.5 Å². The predicted molar refractivity (Wildman–Crippen MR) is 140 cm³/mol. The normalized spacial score (nSPS) is 21.4. The number of nitrogens with two attached hydrogens (primary N) is 1. The van der Waals surface area contributed by atoms with E-state index in [0.29, 0.717) is 25.6 Å². The average Bonchev–Trinajstić information content (AvgIpc) is 3.37. The number of hydrogen-bond donors (Lipinski definition) is 2. The number of sulfonamides is 1. The van der Waals surface area contributed by atoms with Gasteiger partial charge >= 0.3 is 0 Å². The highest BCUT2D eigenvalue weighted by Crippen LogP contribution is 2.37. The van der Waals surface area contributed by atoms with Gasteiger partial charge < -0.3 is 10.7 Å². The number of rotatable bonds is 9. The number of nitrogens with zero attached hydrogens (tertiary/aromatic N) is 2. The van der Waals surface area contributed by atoms with Crippen LogP contribution >= 0.6 is 0 Å². The van der Waals surface area contributed by atoms with Crippen LogP contribution < -0.4 is 5.73 Å². The van der Waals surface area contributed by atoms with Crippen molar-refractivity contribution in [2.24, 2.45) is 5.73 Å². The molecule has 3 N–H and O–H groups in total. The second-order valence-corrected chi connectivity index (χ2v) is 12.1. The lowest BCUT2D eigenvalue weighted by Gasteiger charge is -2.31. The molecule has 0 aliphatic carbocycles. The lowest BCUT2D eigenvalue weighted by atomic mass is 9.88. The number of carbonyl (C=O) groups excluding carboxylic acids is 1. The Morgan fingerprint density at radius 2 is 1.83 bits per heavy atom. The molecule has 1 aromatic heterocycles. The summed E-state index contributed by atoms with van der Waals surface area (Å²) in [6.45, 7) is 5.22. The number of fused-ring (bicyclic) bond motifs is 1. The Morgan fingerprint density at radius 1 is 1.11 bits per heavy atom. The molecule has 0 bridgehead atoms. The number of carbonyl (C=O) groups is 1. The first-order valence-electron chi connectivity index (χ1n) is 12.5. The van der Waals surface area contributed by atoms with Crippen molar-refractivity contribution in [2.45, 2.75) is 44.6 Å². The largest absolute Gasteiger partial charge is 0.369 e. The topological polar surface area (TPSA) is 99.3 Å². The van der Waals surface area contributed by atoms with E-state index in [0.717, 1.165) is 53.5 Å². The second-order valence-electron chi connectivity index (χ2n) is 10.00. The summed E-state index contributed by atoms with van der Waals surface area (Å²) < 4.78 is 27.4. The van der Waals surface area contributed by atoms with Gasteiger partial charge in [-0.3, -0.25) is 9.69 Å². The molecule has 5 rings (SSSR count). The number of aromatic nitrogens is 1. The molecule has 8 heteroatoms. The molecule has 0 saturated carbocycles. The van der Waals surface area contributed by atoms with Crippen LogP contribution in [-0.4, -0.2) is 66.5 Å². The molecule has 186 valence electrons. The number of H-pyrrole nitrogens is 1. The Balaban J connectivity index is 1.34. The molecular weight excluding hydrogens is 460 g/mol. The summed E-state index contributed by atoms with van der Waals surface area (Å²) in [7, 11) is -3.22. The van der Waals surface area contributed by atoms with E-state index >= 15 is 0 Å². The van der Waals surface area contributed by atoms with Gasteiger partial charge in [0.2, 0.25) is 15.9 Å². The number of aromatic amines is 1. The molecule has 0 radical (unpaired) electrons. The summed E-state index contributed by atoms with van der Waals surface area (Å²) in [6.07, 6.45) is 4.47. The van der Waals surface area contributed by atoms with Crippen molar-refractivity contribution in [1.29, 1.82) is 0 Å². The predicted octanol–water partition coefficient (Wildman–Crippen LogP) is 3.47. The van der Waals surface area contributed by atoms with Crippen LogP contribution in [0, 0.1) is 0 Å². The summed E-state index contributed by atoms with van der Waals surface area (Å²) >= 11 is 0. The first kappa shape index (κ1) is 24.0. The van der Waals surface area contributed by atoms with Crippen molar-refractivity contribution >= 4 is 26.8 Å². The van der Waals surface area contributed by atoms with Crippen molar-refractivity contribution in [3.63, 3.8) is 0 Å². The second kappa shape index (κ2) is 9.76. The number of amides is 1. The van der Waals surface area contributed by atoms with Crippen LogP contribution in [0.4, 0.5) is 0 Å². The van der Waals surface area contributed by atoms with Gasteiger partial charge in [0, 0.05) is 42.8 Å². The van der Waals surface area contributed by atoms with Crippen molar-refractivity contribution in [1.82, 2.24) is 14.2 Å². The van der Waals surface area contributed by atoms with Crippen molar-refractivity contribution < 1.29 is 13.2 Å². The van der Waals surface area contributed by atoms with E-state index in [1.54, 1.807) is 4.31 Å². The van der Waals surface area contributed by atoms with Crippen LogP contribution in [0.5, 0.6) is 0 Å². The summed E-state index contributed by atoms with van der Waals surface area (Å²) in [4.78, 5) is 17.5. The zero-order valence-corrected chi connectivity index (χ0v) is 21.1. The fraction of sp³-hybridized carbons (Fsp3) is 0.444. The third kappa shape index (κ3) is 5.29. The Kier molecular flexibility index (Phi) is 6.70. The highest BCUT2D eigenvalue weighted by Gasteiger charge is 2.32. The number of nitrogens with one attached hydrogen (secondary N) is 1. The highest BCUT2D eigenvalue weighted by atomic mass is 32.2. The number of benzene rings is 2. The van der Waals surface area contributed by atoms with Gasteiger partial charge in [0.25, 0.3) is 0 Å². The van der Waals surface area contributed by atoms with Gasteiger partial charge in [-0.25, -0.2) is 12.7 Å². The van der Waals surface area contributed by atoms with E-state index < -0.39 is 10.0 Å². The maximum Gasteiger partial charge on any atom is 0.221 e. The minimum Gasteiger partial charge on any atom is -0.369 e. The Hall–Kier alpha value is -2.68. The molecule has 35 heavy (non-hydrogen) atoms. The van der Waals surface area contributed by atoms with Crippen molar-refractivity contribution in [3.8, 4) is 11.1 Å². The van der Waals surface area contributed by atoms with Gasteiger partial charge in [-0.2, -0.15) is 0 Å². The molecule has 3 heterocycles. The molecule has 2 unspecified atom stereocenters. The van der Waals surface area contributed by atoms with E-state index in [9.17, 15) is 13.2 Å². The van der Waals surface area contributed by atoms with Crippen LogP contribution in [0.1, 0.15) is 43.2 Å². The SMILES string of the molecule is CC1CN1CCCS(=O)(=O)N1CCC(c2c[nH]c3c(CC(N)=O)cc(-c4ccccc4)cc23)CC1. The molecule has 2 saturated heterocycles. The maximum atomic E-state index is 12.9. The van der Waals surface area contributed by atoms with Crippen LogP contribution in [0.15, 0.2) is 48.7 Å². The molecule has 2 aliphatic rings. The molecule has 2 fully saturated rings. The third-order valence-electron chi connectivity index (χ3n) is 7.50. The van der Waals surface area contributed by atoms with Crippen LogP contribution in [0.3, 0.4) is 0 Å². The lowest BCUT2D eigenvalue weighted by Crippen LogP contribution is -2.39. The summed E-state index contributed by atoms with van der Waals surface area (Å²) in [5.41, 5.74) is 10.7. The van der Waals surface area contributed by atoms with Crippen LogP contribution in [0.2, 0.25) is 0 Å². The lowest BCUT2D eigenvalue weighted by molar-refractivity contribution is -0.117. The van der Waals surface area contributed by atoms with Gasteiger partial charge in [0.05, 0.1) is 12.2 Å². The molecule has 2 aromatic carbocycles. The van der Waals surface area contributed by atoms with E-state index in [2.05, 4.69) is 35.0 Å². The van der Waals surface area contributed by atoms with Crippen molar-refractivity contribution in [2.75, 3.05) is 31.9 Å². The van der Waals surface area contributed by atoms with E-state index in [1.165, 1.54) is 5.56 Å². The summed E-state index contributed by atoms with van der Waals surface area (Å²) in [5.74, 6) is 0.130. The average molecular weight is 495 g/mol. The van der Waals surface area contributed by atoms with Gasteiger partial charge in [-0.05, 0) is 73.0 Å². The minimum absolute atomic E-state index is 0.171. The quantitative estimate of drug-likeness (QED) is 0.445. The number of primary amides is 1. The Labute approximate surface area is 207 Å². The van der Waals surface area contributed by atoms with Gasteiger partial charge in [-0.15, -0.1) is 0 Å². The molecule has 3 aromatic rings. The first-order chi connectivity index (χ1) is 16.8. The van der Waals surface area contributed by atoms with E-state index in [4.69, 9.17) is 5.73 Å². The smallest absolute Gasteiger partial charge is 0.221 e. The Bertz CT molecular complexity index is 1310. The minimum atomic E-state index is -3.22. The van der Waals surface area contributed by atoms with Crippen LogP contribution in [-0.2, 0) is 21.2 Å². The maximum absolute atomic E-state index is 12.9. The highest BCUT2D eigenvalue weighted by molar-refractivity contribution is 7.89. The van der Waals surface area contributed by atoms with Gasteiger partial charge in [0.1, 0.15) is 0 Å². The third-order valence-corrected chi connectivity index (χ3v) is 9.45. The fourth-order valence-corrected chi connectivity index (χ4v) is 6.94. The summed E-state index contributed by atoms with van der Waals surface area (Å²) in [6, 6.07) is 14.9. The zero-order chi connectivity index (χ0) is 24.6. The first-order valence-corrected chi connectivity index (χ1v) is 14.1. The molecule has 0 spiro atoms. The summed E-state index contributed by atoms with van der Waals surface area (Å²) in [5, 5.41) is 1.09. The van der Waals surface area contributed by atoms with Crippen LogP contribution in [0.25, 0.3) is 22.0 Å². The molecule has 2 atom stereocenters. The molecule has 7 nitrogen and oxygen atoms in total. The molecule has 1 amide bonds. The number of hydrogen-bond acceptors (Lipinski definition) is 4. The van der Waals surface area contributed by atoms with Crippen molar-refractivity contribution in [3.05, 3.63) is 59.8 Å². The molecular formula is C27H34N4O3S. The van der Waals surface area contributed by atoms with E-state index in [-0.39, 0.29) is 24.0 Å². The fourth-order valence-electron chi connectivity index (χ4n) is 5.42. The Morgan fingerprint density at radius 3 is 2.49 bits per heavy atom. The molecule has 2 aliphatic heterocycles. The number of piperidine rings is 1. The zero-order valence-electron chi connectivity index (χ0n) is 20.2. The van der Waals surface area contributed by atoms with Gasteiger partial charge in [0.15, 0.2) is 0 Å². The monoisotopic (exact) mass is 494 g/mol. The standard InChI is InChI=1S/C27H34N4O3S/c1-19-18-30(19)10-5-13-35(33,34)31-11-8-21(9-12-31)25-17-29-27-23(16-26(28)32)14-22(15-24(25)27)20-6-3-2-4-7-20/h2-4,6-7,14-15,17,19,21,29H,5,8-13,16,18H2,1H3,(H2,28,32). The van der Waals surface area contributed by atoms with Gasteiger partial charge in [-0.1, -0.05) is 30.3 Å².